The lowest BCUT2D eigenvalue weighted by molar-refractivity contribution is -0.140. The number of aromatic nitrogens is 1. The highest BCUT2D eigenvalue weighted by Gasteiger charge is 2.31. The van der Waals surface area contributed by atoms with Gasteiger partial charge in [-0.05, 0) is 62.5 Å². The first-order valence-corrected chi connectivity index (χ1v) is 15.5. The van der Waals surface area contributed by atoms with E-state index < -0.39 is 32.1 Å². The molecule has 2 aliphatic rings. The molecule has 3 heterocycles. The van der Waals surface area contributed by atoms with Crippen molar-refractivity contribution in [1.82, 2.24) is 9.88 Å². The van der Waals surface area contributed by atoms with Gasteiger partial charge in [0.05, 0.1) is 36.1 Å². The molecule has 1 saturated heterocycles. The van der Waals surface area contributed by atoms with E-state index in [9.17, 15) is 22.1 Å². The molecule has 6 nitrogen and oxygen atoms in total. The van der Waals surface area contributed by atoms with Gasteiger partial charge in [-0.1, -0.05) is 12.0 Å². The first-order chi connectivity index (χ1) is 18.5. The molecule has 0 unspecified atom stereocenters. The number of fused-ring (bicyclic) bond motifs is 2. The fraction of sp³-hybridized carbons (Fsp3) is 0.429. The molecule has 5 rings (SSSR count). The van der Waals surface area contributed by atoms with Crippen LogP contribution in [-0.4, -0.2) is 62.5 Å². The standard InChI is InChI=1S/C28H31F4N4O2P/c1-39(2,37)26-9-8-24(27-19(26)11-14-38-27)34-12-4-5-18-15-20-22(35-23-10-13-33-16-21(23)29)6-3-7-25(20)36(18)17-28(30,31)32/h3,6-9,15,21,23,33-35H,10-14,16-17H2,1-2H3/t21-,23+/m0/s1. The van der Waals surface area contributed by atoms with Gasteiger partial charge < -0.3 is 29.8 Å². The Kier molecular flexibility index (Phi) is 7.58. The van der Waals surface area contributed by atoms with Crippen LogP contribution in [0.4, 0.5) is 28.9 Å². The third-order valence-corrected chi connectivity index (χ3v) is 8.61. The van der Waals surface area contributed by atoms with Crippen LogP contribution >= 0.6 is 7.14 Å². The molecule has 3 N–H and O–H groups in total. The van der Waals surface area contributed by atoms with Gasteiger partial charge in [0.1, 0.15) is 25.6 Å². The number of benzene rings is 2. The van der Waals surface area contributed by atoms with Crippen LogP contribution in [-0.2, 0) is 17.5 Å². The van der Waals surface area contributed by atoms with Crippen LogP contribution in [0, 0.1) is 11.8 Å². The van der Waals surface area contributed by atoms with E-state index in [2.05, 4.69) is 27.8 Å². The van der Waals surface area contributed by atoms with Crippen molar-refractivity contribution in [3.63, 3.8) is 0 Å². The molecule has 11 heteroatoms. The lowest BCUT2D eigenvalue weighted by Gasteiger charge is -2.28. The van der Waals surface area contributed by atoms with E-state index in [1.807, 2.05) is 6.07 Å². The van der Waals surface area contributed by atoms with Crippen molar-refractivity contribution in [3.05, 3.63) is 47.7 Å². The largest absolute Gasteiger partial charge is 0.491 e. The molecule has 0 aliphatic carbocycles. The predicted molar refractivity (Wildman–Crippen MR) is 148 cm³/mol. The van der Waals surface area contributed by atoms with Crippen LogP contribution in [0.1, 0.15) is 17.7 Å². The average molecular weight is 563 g/mol. The number of nitrogens with zero attached hydrogens (tertiary/aromatic N) is 1. The second kappa shape index (κ2) is 10.8. The van der Waals surface area contributed by atoms with Crippen LogP contribution < -0.4 is 26.0 Å². The number of alkyl halides is 4. The zero-order chi connectivity index (χ0) is 27.8. The summed E-state index contributed by atoms with van der Waals surface area (Å²) in [4.78, 5) is 0. The van der Waals surface area contributed by atoms with E-state index in [0.29, 0.717) is 54.0 Å². The second-order valence-electron chi connectivity index (χ2n) is 10.3. The maximum Gasteiger partial charge on any atom is 0.406 e. The van der Waals surface area contributed by atoms with Crippen molar-refractivity contribution >= 4 is 34.7 Å². The van der Waals surface area contributed by atoms with Crippen molar-refractivity contribution in [2.75, 3.05) is 50.2 Å². The molecule has 2 aromatic carbocycles. The summed E-state index contributed by atoms with van der Waals surface area (Å²) in [6.45, 7) is 3.84. The molecule has 0 amide bonds. The highest BCUT2D eigenvalue weighted by molar-refractivity contribution is 7.70. The summed E-state index contributed by atoms with van der Waals surface area (Å²) in [5.41, 5.74) is 2.82. The minimum absolute atomic E-state index is 0.169. The Morgan fingerprint density at radius 1 is 1.21 bits per heavy atom. The lowest BCUT2D eigenvalue weighted by atomic mass is 10.0. The fourth-order valence-corrected chi connectivity index (χ4v) is 6.54. The molecule has 0 bridgehead atoms. The molecule has 39 heavy (non-hydrogen) atoms. The molecule has 1 fully saturated rings. The number of nitrogens with one attached hydrogen (secondary N) is 3. The Morgan fingerprint density at radius 2 is 2.03 bits per heavy atom. The SMILES string of the molecule is CP(C)(=O)c1ccc(NCC#Cc2cc3c(N[C@@H]4CCNC[C@@H]4F)cccc3n2CC(F)(F)F)c2c1CCO2. The molecule has 1 aromatic heterocycles. The number of hydrogen-bond acceptors (Lipinski definition) is 5. The summed E-state index contributed by atoms with van der Waals surface area (Å²) < 4.78 is 74.6. The third-order valence-electron chi connectivity index (χ3n) is 7.03. The summed E-state index contributed by atoms with van der Waals surface area (Å²) in [6, 6.07) is 9.88. The van der Waals surface area contributed by atoms with Crippen LogP contribution in [0.25, 0.3) is 10.9 Å². The Hall–Kier alpha value is -3.15. The minimum Gasteiger partial charge on any atom is -0.491 e. The molecule has 0 spiro atoms. The fourth-order valence-electron chi connectivity index (χ4n) is 5.24. The Bertz CT molecular complexity index is 1480. The average Bonchev–Trinajstić information content (AvgIpc) is 3.48. The zero-order valence-electron chi connectivity index (χ0n) is 21.8. The highest BCUT2D eigenvalue weighted by Crippen LogP contribution is 2.42. The van der Waals surface area contributed by atoms with Crippen molar-refractivity contribution in [1.29, 1.82) is 0 Å². The predicted octanol–water partition coefficient (Wildman–Crippen LogP) is 4.96. The number of piperidine rings is 1. The Morgan fingerprint density at radius 3 is 2.77 bits per heavy atom. The van der Waals surface area contributed by atoms with Crippen LogP contribution in [0.3, 0.4) is 0 Å². The van der Waals surface area contributed by atoms with E-state index in [1.54, 1.807) is 43.7 Å². The minimum atomic E-state index is -4.44. The van der Waals surface area contributed by atoms with E-state index in [0.717, 1.165) is 15.4 Å². The van der Waals surface area contributed by atoms with E-state index in [1.165, 1.54) is 0 Å². The van der Waals surface area contributed by atoms with E-state index >= 15 is 0 Å². The maximum atomic E-state index is 14.4. The van der Waals surface area contributed by atoms with Gasteiger partial charge in [0, 0.05) is 34.9 Å². The maximum absolute atomic E-state index is 14.4. The van der Waals surface area contributed by atoms with Gasteiger partial charge in [0.15, 0.2) is 0 Å². The molecule has 2 atom stereocenters. The summed E-state index contributed by atoms with van der Waals surface area (Å²) in [6.07, 6.45) is -4.30. The normalized spacial score (nSPS) is 19.2. The zero-order valence-corrected chi connectivity index (χ0v) is 22.7. The first-order valence-electron chi connectivity index (χ1n) is 12.9. The molecular formula is C28H31F4N4O2P. The molecule has 0 saturated carbocycles. The summed E-state index contributed by atoms with van der Waals surface area (Å²) >= 11 is 0. The highest BCUT2D eigenvalue weighted by atomic mass is 31.2. The van der Waals surface area contributed by atoms with Gasteiger partial charge in [-0.3, -0.25) is 0 Å². The summed E-state index contributed by atoms with van der Waals surface area (Å²) in [5.74, 6) is 6.48. The van der Waals surface area contributed by atoms with Gasteiger partial charge in [0.2, 0.25) is 0 Å². The van der Waals surface area contributed by atoms with Crippen LogP contribution in [0.15, 0.2) is 36.4 Å². The number of halogens is 4. The van der Waals surface area contributed by atoms with Gasteiger partial charge in [-0.25, -0.2) is 4.39 Å². The van der Waals surface area contributed by atoms with Gasteiger partial charge in [-0.15, -0.1) is 0 Å². The first kappa shape index (κ1) is 27.4. The van der Waals surface area contributed by atoms with Gasteiger partial charge >= 0.3 is 6.18 Å². The second-order valence-corrected chi connectivity index (χ2v) is 13.5. The number of rotatable bonds is 6. The molecule has 0 radical (unpaired) electrons. The Labute approximate surface area is 224 Å². The van der Waals surface area contributed by atoms with E-state index in [-0.39, 0.29) is 18.8 Å². The smallest absolute Gasteiger partial charge is 0.406 e. The van der Waals surface area contributed by atoms with Crippen molar-refractivity contribution in [2.45, 2.75) is 37.8 Å². The molecule has 208 valence electrons. The number of ether oxygens (including phenoxy) is 1. The summed E-state index contributed by atoms with van der Waals surface area (Å²) in [5, 5.41) is 10.8. The summed E-state index contributed by atoms with van der Waals surface area (Å²) in [7, 11) is -2.47. The lowest BCUT2D eigenvalue weighted by Crippen LogP contribution is -2.45. The monoisotopic (exact) mass is 562 g/mol. The van der Waals surface area contributed by atoms with Gasteiger partial charge in [-0.2, -0.15) is 13.2 Å². The van der Waals surface area contributed by atoms with Crippen LogP contribution in [0.2, 0.25) is 0 Å². The Balaban J connectivity index is 1.41. The van der Waals surface area contributed by atoms with Crippen molar-refractivity contribution in [2.24, 2.45) is 0 Å². The topological polar surface area (TPSA) is 67.3 Å². The third kappa shape index (κ3) is 6.05. The number of hydrogen-bond donors (Lipinski definition) is 3. The quantitative estimate of drug-likeness (QED) is 0.225. The van der Waals surface area contributed by atoms with Crippen molar-refractivity contribution in [3.8, 4) is 17.6 Å². The van der Waals surface area contributed by atoms with E-state index in [4.69, 9.17) is 4.74 Å². The number of anilines is 2. The molecule has 2 aliphatic heterocycles. The van der Waals surface area contributed by atoms with Crippen molar-refractivity contribution < 1.29 is 26.9 Å². The molecular weight excluding hydrogens is 531 g/mol. The molecule has 3 aromatic rings. The van der Waals surface area contributed by atoms with Gasteiger partial charge in [0.25, 0.3) is 0 Å². The van der Waals surface area contributed by atoms with Crippen LogP contribution in [0.5, 0.6) is 5.75 Å².